The molecular weight excluding hydrogens is 352 g/mol. The monoisotopic (exact) mass is 370 g/mol. The first-order valence-electron chi connectivity index (χ1n) is 8.18. The number of rotatable bonds is 6. The largest absolute Gasteiger partial charge is 0.495 e. The van der Waals surface area contributed by atoms with E-state index in [2.05, 4.69) is 15.6 Å². The van der Waals surface area contributed by atoms with E-state index in [0.29, 0.717) is 34.4 Å². The van der Waals surface area contributed by atoms with Crippen LogP contribution in [0, 0.1) is 6.92 Å². The van der Waals surface area contributed by atoms with Gasteiger partial charge < -0.3 is 10.1 Å². The van der Waals surface area contributed by atoms with Crippen LogP contribution in [0.2, 0.25) is 5.02 Å². The van der Waals surface area contributed by atoms with Gasteiger partial charge in [-0.25, -0.2) is 4.68 Å². The second-order valence-corrected chi connectivity index (χ2v) is 6.15. The van der Waals surface area contributed by atoms with E-state index in [1.807, 2.05) is 36.4 Å². The Hall–Kier alpha value is -2.86. The summed E-state index contributed by atoms with van der Waals surface area (Å²) in [6.45, 7) is 2.33. The molecule has 0 aliphatic carbocycles. The number of aromatic nitrogens is 3. The van der Waals surface area contributed by atoms with Crippen LogP contribution in [0.25, 0.3) is 5.69 Å². The summed E-state index contributed by atoms with van der Waals surface area (Å²) in [6.07, 6.45) is 0.758. The molecular formula is C19H19ClN4O2. The van der Waals surface area contributed by atoms with Crippen molar-refractivity contribution in [2.75, 3.05) is 13.7 Å². The van der Waals surface area contributed by atoms with Gasteiger partial charge in [-0.1, -0.05) is 47.1 Å². The average Bonchev–Trinajstić information content (AvgIpc) is 3.04. The van der Waals surface area contributed by atoms with Crippen LogP contribution in [0.5, 0.6) is 5.75 Å². The first-order chi connectivity index (χ1) is 12.6. The number of carbonyl (C=O) groups is 1. The van der Waals surface area contributed by atoms with Gasteiger partial charge in [0.25, 0.3) is 5.91 Å². The van der Waals surface area contributed by atoms with Crippen LogP contribution in [0.15, 0.2) is 48.5 Å². The minimum Gasteiger partial charge on any atom is -0.495 e. The predicted molar refractivity (Wildman–Crippen MR) is 100 cm³/mol. The maximum Gasteiger partial charge on any atom is 0.273 e. The maximum absolute atomic E-state index is 12.4. The van der Waals surface area contributed by atoms with E-state index < -0.39 is 0 Å². The van der Waals surface area contributed by atoms with Gasteiger partial charge in [-0.15, -0.1) is 5.10 Å². The number of methoxy groups -OCH3 is 1. The van der Waals surface area contributed by atoms with Crippen molar-refractivity contribution in [2.45, 2.75) is 13.3 Å². The fourth-order valence-corrected chi connectivity index (χ4v) is 2.87. The predicted octanol–water partition coefficient (Wildman–Crippen LogP) is 3.21. The standard InChI is InChI=1S/C19H19ClN4O2/c1-13-18(19(25)21-11-10-14-6-4-3-5-7-14)22-23-24(13)15-8-9-17(26-2)16(20)12-15/h3-9,12H,10-11H2,1-2H3,(H,21,25). The van der Waals surface area contributed by atoms with E-state index in [1.165, 1.54) is 5.56 Å². The third-order valence-corrected chi connectivity index (χ3v) is 4.33. The molecule has 1 aromatic heterocycles. The van der Waals surface area contributed by atoms with Crippen LogP contribution in [0.1, 0.15) is 21.7 Å². The van der Waals surface area contributed by atoms with Crippen molar-refractivity contribution >= 4 is 17.5 Å². The molecule has 0 bridgehead atoms. The number of halogens is 1. The van der Waals surface area contributed by atoms with Gasteiger partial charge in [0.05, 0.1) is 23.5 Å². The molecule has 3 rings (SSSR count). The second-order valence-electron chi connectivity index (χ2n) is 5.75. The molecule has 0 atom stereocenters. The lowest BCUT2D eigenvalue weighted by Gasteiger charge is -2.07. The highest BCUT2D eigenvalue weighted by Gasteiger charge is 2.17. The van der Waals surface area contributed by atoms with Gasteiger partial charge in [0.15, 0.2) is 5.69 Å². The summed E-state index contributed by atoms with van der Waals surface area (Å²) >= 11 is 6.16. The van der Waals surface area contributed by atoms with Crippen molar-refractivity contribution in [2.24, 2.45) is 0 Å². The Kier molecular flexibility index (Phi) is 5.53. The van der Waals surface area contributed by atoms with Crippen LogP contribution in [-0.4, -0.2) is 34.6 Å². The molecule has 7 heteroatoms. The fourth-order valence-electron chi connectivity index (χ4n) is 2.62. The normalized spacial score (nSPS) is 10.6. The Morgan fingerprint density at radius 2 is 2.00 bits per heavy atom. The van der Waals surface area contributed by atoms with Crippen molar-refractivity contribution in [1.29, 1.82) is 0 Å². The Bertz CT molecular complexity index is 909. The van der Waals surface area contributed by atoms with E-state index in [1.54, 1.807) is 30.8 Å². The Morgan fingerprint density at radius 1 is 1.23 bits per heavy atom. The summed E-state index contributed by atoms with van der Waals surface area (Å²) < 4.78 is 6.73. The van der Waals surface area contributed by atoms with E-state index >= 15 is 0 Å². The summed E-state index contributed by atoms with van der Waals surface area (Å²) in [4.78, 5) is 12.4. The fraction of sp³-hybridized carbons (Fsp3) is 0.211. The van der Waals surface area contributed by atoms with E-state index in [4.69, 9.17) is 16.3 Å². The summed E-state index contributed by atoms with van der Waals surface area (Å²) in [5.74, 6) is 0.330. The SMILES string of the molecule is COc1ccc(-n2nnc(C(=O)NCCc3ccccc3)c2C)cc1Cl. The molecule has 0 saturated carbocycles. The Labute approximate surface area is 156 Å². The molecule has 0 fully saturated rings. The quantitative estimate of drug-likeness (QED) is 0.723. The lowest BCUT2D eigenvalue weighted by molar-refractivity contribution is 0.0948. The minimum atomic E-state index is -0.246. The van der Waals surface area contributed by atoms with Crippen LogP contribution < -0.4 is 10.1 Å². The second kappa shape index (κ2) is 8.01. The third-order valence-electron chi connectivity index (χ3n) is 4.03. The van der Waals surface area contributed by atoms with E-state index in [-0.39, 0.29) is 5.91 Å². The maximum atomic E-state index is 12.4. The van der Waals surface area contributed by atoms with Crippen molar-refractivity contribution in [1.82, 2.24) is 20.3 Å². The molecule has 0 radical (unpaired) electrons. The number of benzene rings is 2. The summed E-state index contributed by atoms with van der Waals surface area (Å²) in [5.41, 5.74) is 2.82. The van der Waals surface area contributed by atoms with Gasteiger partial charge in [0.1, 0.15) is 5.75 Å². The zero-order valence-electron chi connectivity index (χ0n) is 14.6. The Morgan fingerprint density at radius 3 is 2.69 bits per heavy atom. The molecule has 1 heterocycles. The molecule has 2 aromatic carbocycles. The van der Waals surface area contributed by atoms with Gasteiger partial charge in [0, 0.05) is 6.54 Å². The number of nitrogens with one attached hydrogen (secondary N) is 1. The Balaban J connectivity index is 1.70. The van der Waals surface area contributed by atoms with Crippen molar-refractivity contribution in [3.63, 3.8) is 0 Å². The van der Waals surface area contributed by atoms with Crippen LogP contribution >= 0.6 is 11.6 Å². The number of hydrogen-bond acceptors (Lipinski definition) is 4. The summed E-state index contributed by atoms with van der Waals surface area (Å²) in [5, 5.41) is 11.4. The van der Waals surface area contributed by atoms with Crippen LogP contribution in [0.3, 0.4) is 0 Å². The van der Waals surface area contributed by atoms with Crippen molar-refractivity contribution < 1.29 is 9.53 Å². The number of hydrogen-bond donors (Lipinski definition) is 1. The molecule has 0 unspecified atom stereocenters. The lowest BCUT2D eigenvalue weighted by Crippen LogP contribution is -2.26. The summed E-state index contributed by atoms with van der Waals surface area (Å²) in [7, 11) is 1.56. The molecule has 1 amide bonds. The average molecular weight is 371 g/mol. The number of carbonyl (C=O) groups excluding carboxylic acids is 1. The molecule has 1 N–H and O–H groups in total. The molecule has 0 aliphatic rings. The molecule has 134 valence electrons. The molecule has 6 nitrogen and oxygen atoms in total. The third kappa shape index (κ3) is 3.86. The van der Waals surface area contributed by atoms with E-state index in [9.17, 15) is 4.79 Å². The van der Waals surface area contributed by atoms with Crippen molar-refractivity contribution in [3.8, 4) is 11.4 Å². The smallest absolute Gasteiger partial charge is 0.273 e. The van der Waals surface area contributed by atoms with Crippen LogP contribution in [-0.2, 0) is 6.42 Å². The molecule has 3 aromatic rings. The first-order valence-corrected chi connectivity index (χ1v) is 8.56. The van der Waals surface area contributed by atoms with E-state index in [0.717, 1.165) is 6.42 Å². The molecule has 0 saturated heterocycles. The highest BCUT2D eigenvalue weighted by atomic mass is 35.5. The number of ether oxygens (including phenoxy) is 1. The van der Waals surface area contributed by atoms with Gasteiger partial charge in [-0.05, 0) is 37.1 Å². The van der Waals surface area contributed by atoms with Crippen LogP contribution in [0.4, 0.5) is 0 Å². The number of nitrogens with zero attached hydrogens (tertiary/aromatic N) is 3. The zero-order valence-corrected chi connectivity index (χ0v) is 15.3. The van der Waals surface area contributed by atoms with Gasteiger partial charge >= 0.3 is 0 Å². The highest BCUT2D eigenvalue weighted by molar-refractivity contribution is 6.32. The lowest BCUT2D eigenvalue weighted by atomic mass is 10.1. The first kappa shape index (κ1) is 17.9. The number of amides is 1. The molecule has 0 spiro atoms. The van der Waals surface area contributed by atoms with Gasteiger partial charge in [-0.3, -0.25) is 4.79 Å². The summed E-state index contributed by atoms with van der Waals surface area (Å²) in [6, 6.07) is 15.3. The van der Waals surface area contributed by atoms with Gasteiger partial charge in [-0.2, -0.15) is 0 Å². The highest BCUT2D eigenvalue weighted by Crippen LogP contribution is 2.27. The van der Waals surface area contributed by atoms with Crippen molar-refractivity contribution in [3.05, 3.63) is 70.5 Å². The molecule has 0 aliphatic heterocycles. The topological polar surface area (TPSA) is 69.0 Å². The zero-order chi connectivity index (χ0) is 18.5. The molecule has 26 heavy (non-hydrogen) atoms. The minimum absolute atomic E-state index is 0.246. The van der Waals surface area contributed by atoms with Gasteiger partial charge in [0.2, 0.25) is 0 Å².